The number of amides is 1. The van der Waals surface area contributed by atoms with E-state index < -0.39 is 5.97 Å². The van der Waals surface area contributed by atoms with Gasteiger partial charge in [-0.1, -0.05) is 5.21 Å². The molecule has 110 valence electrons. The maximum Gasteiger partial charge on any atom is 0.325 e. The number of nitrogens with one attached hydrogen (secondary N) is 1. The van der Waals surface area contributed by atoms with E-state index in [9.17, 15) is 9.59 Å². The average molecular weight is 281 g/mol. The Bertz CT molecular complexity index is 467. The van der Waals surface area contributed by atoms with Crippen molar-refractivity contribution in [3.63, 3.8) is 0 Å². The van der Waals surface area contributed by atoms with Gasteiger partial charge in [-0.15, -0.1) is 5.10 Å². The van der Waals surface area contributed by atoms with Crippen LogP contribution >= 0.6 is 0 Å². The zero-order valence-corrected chi connectivity index (χ0v) is 11.3. The molecular weight excluding hydrogens is 262 g/mol. The van der Waals surface area contributed by atoms with E-state index in [0.29, 0.717) is 12.1 Å². The first-order valence-electron chi connectivity index (χ1n) is 6.73. The maximum atomic E-state index is 11.7. The molecule has 1 fully saturated rings. The van der Waals surface area contributed by atoms with Crippen molar-refractivity contribution in [1.29, 1.82) is 0 Å². The number of carbonyl (C=O) groups excluding carboxylic acids is 1. The van der Waals surface area contributed by atoms with Crippen molar-refractivity contribution in [2.75, 3.05) is 19.6 Å². The monoisotopic (exact) mass is 281 g/mol. The Labute approximate surface area is 116 Å². The molecule has 20 heavy (non-hydrogen) atoms. The first-order chi connectivity index (χ1) is 9.63. The van der Waals surface area contributed by atoms with Crippen molar-refractivity contribution in [3.8, 4) is 0 Å². The molecule has 2 N–H and O–H groups in total. The Morgan fingerprint density at radius 3 is 2.80 bits per heavy atom. The van der Waals surface area contributed by atoms with Crippen LogP contribution in [0.3, 0.4) is 0 Å². The summed E-state index contributed by atoms with van der Waals surface area (Å²) in [5.74, 6) is -0.999. The van der Waals surface area contributed by atoms with Gasteiger partial charge in [0.1, 0.15) is 12.2 Å². The average Bonchev–Trinajstić information content (AvgIpc) is 3.04. The Kier molecular flexibility index (Phi) is 5.05. The number of aromatic nitrogens is 3. The highest BCUT2D eigenvalue weighted by Gasteiger charge is 2.13. The summed E-state index contributed by atoms with van der Waals surface area (Å²) in [4.78, 5) is 24.4. The SMILES string of the molecule is O=C(O)Cn1cc(CNC(=O)CCN2CCCC2)nn1. The van der Waals surface area contributed by atoms with Gasteiger partial charge in [-0.25, -0.2) is 4.68 Å². The van der Waals surface area contributed by atoms with E-state index in [4.69, 9.17) is 5.11 Å². The van der Waals surface area contributed by atoms with Crippen molar-refractivity contribution in [1.82, 2.24) is 25.2 Å². The molecule has 1 aromatic rings. The zero-order chi connectivity index (χ0) is 14.4. The zero-order valence-electron chi connectivity index (χ0n) is 11.3. The van der Waals surface area contributed by atoms with Gasteiger partial charge in [-0.3, -0.25) is 9.59 Å². The maximum absolute atomic E-state index is 11.7. The van der Waals surface area contributed by atoms with Crippen LogP contribution < -0.4 is 5.32 Å². The Morgan fingerprint density at radius 1 is 1.35 bits per heavy atom. The van der Waals surface area contributed by atoms with Gasteiger partial charge >= 0.3 is 5.97 Å². The second-order valence-corrected chi connectivity index (χ2v) is 4.88. The third kappa shape index (κ3) is 4.61. The molecule has 2 heterocycles. The highest BCUT2D eigenvalue weighted by molar-refractivity contribution is 5.76. The molecule has 0 aromatic carbocycles. The van der Waals surface area contributed by atoms with Crippen molar-refractivity contribution >= 4 is 11.9 Å². The second kappa shape index (κ2) is 6.99. The Hall–Kier alpha value is -1.96. The molecule has 1 saturated heterocycles. The molecule has 8 nitrogen and oxygen atoms in total. The lowest BCUT2D eigenvalue weighted by Crippen LogP contribution is -2.29. The van der Waals surface area contributed by atoms with Gasteiger partial charge in [0, 0.05) is 13.0 Å². The predicted molar refractivity (Wildman–Crippen MR) is 69.8 cm³/mol. The van der Waals surface area contributed by atoms with E-state index in [0.717, 1.165) is 19.6 Å². The fourth-order valence-electron chi connectivity index (χ4n) is 2.18. The standard InChI is InChI=1S/C12H19N5O3/c18-11(3-6-16-4-1-2-5-16)13-7-10-8-17(15-14-10)9-12(19)20/h8H,1-7,9H2,(H,13,18)(H,19,20). The van der Waals surface area contributed by atoms with Gasteiger partial charge in [0.05, 0.1) is 12.7 Å². The van der Waals surface area contributed by atoms with Crippen molar-refractivity contribution in [3.05, 3.63) is 11.9 Å². The quantitative estimate of drug-likeness (QED) is 0.696. The van der Waals surface area contributed by atoms with Crippen LogP contribution in [-0.2, 0) is 22.7 Å². The molecule has 0 spiro atoms. The highest BCUT2D eigenvalue weighted by Crippen LogP contribution is 2.07. The molecule has 0 saturated carbocycles. The van der Waals surface area contributed by atoms with Gasteiger partial charge in [-0.2, -0.15) is 0 Å². The van der Waals surface area contributed by atoms with Crippen LogP contribution in [0.4, 0.5) is 0 Å². The minimum absolute atomic E-state index is 0.0234. The number of carboxylic acid groups (broad SMARTS) is 1. The molecule has 0 unspecified atom stereocenters. The van der Waals surface area contributed by atoms with E-state index in [1.807, 2.05) is 0 Å². The van der Waals surface area contributed by atoms with Gasteiger partial charge in [0.25, 0.3) is 0 Å². The molecule has 1 aromatic heterocycles. The van der Waals surface area contributed by atoms with Gasteiger partial charge in [0.15, 0.2) is 0 Å². The Morgan fingerprint density at radius 2 is 2.10 bits per heavy atom. The molecule has 2 rings (SSSR count). The number of carboxylic acids is 1. The molecule has 0 atom stereocenters. The summed E-state index contributed by atoms with van der Waals surface area (Å²) in [5, 5.41) is 18.8. The first-order valence-corrected chi connectivity index (χ1v) is 6.73. The lowest BCUT2D eigenvalue weighted by atomic mass is 10.3. The molecule has 1 amide bonds. The normalized spacial score (nSPS) is 15.4. The lowest BCUT2D eigenvalue weighted by Gasteiger charge is -2.13. The number of nitrogens with zero attached hydrogens (tertiary/aromatic N) is 4. The van der Waals surface area contributed by atoms with Crippen molar-refractivity contribution in [2.24, 2.45) is 0 Å². The molecule has 8 heteroatoms. The summed E-state index contributed by atoms with van der Waals surface area (Å²) < 4.78 is 1.23. The molecular formula is C12H19N5O3. The predicted octanol–water partition coefficient (Wildman–Crippen LogP) is -0.535. The van der Waals surface area contributed by atoms with Gasteiger partial charge in [-0.05, 0) is 25.9 Å². The van der Waals surface area contributed by atoms with E-state index >= 15 is 0 Å². The van der Waals surface area contributed by atoms with Crippen LogP contribution in [0.1, 0.15) is 25.0 Å². The molecule has 1 aliphatic rings. The van der Waals surface area contributed by atoms with E-state index in [-0.39, 0.29) is 19.0 Å². The van der Waals surface area contributed by atoms with Crippen molar-refractivity contribution in [2.45, 2.75) is 32.4 Å². The van der Waals surface area contributed by atoms with Crippen LogP contribution in [0.25, 0.3) is 0 Å². The summed E-state index contributed by atoms with van der Waals surface area (Å²) in [6.07, 6.45) is 4.43. The minimum Gasteiger partial charge on any atom is -0.480 e. The van der Waals surface area contributed by atoms with Crippen LogP contribution in [0, 0.1) is 0 Å². The fraction of sp³-hybridized carbons (Fsp3) is 0.667. The third-order valence-electron chi connectivity index (χ3n) is 3.20. The molecule has 0 radical (unpaired) electrons. The lowest BCUT2D eigenvalue weighted by molar-refractivity contribution is -0.138. The van der Waals surface area contributed by atoms with Crippen molar-refractivity contribution < 1.29 is 14.7 Å². The Balaban J connectivity index is 1.67. The second-order valence-electron chi connectivity index (χ2n) is 4.88. The number of likely N-dealkylation sites (tertiary alicyclic amines) is 1. The van der Waals surface area contributed by atoms with E-state index in [1.54, 1.807) is 0 Å². The molecule has 0 aliphatic carbocycles. The number of aliphatic carboxylic acids is 1. The summed E-state index contributed by atoms with van der Waals surface area (Å²) >= 11 is 0. The largest absolute Gasteiger partial charge is 0.480 e. The van der Waals surface area contributed by atoms with Crippen LogP contribution in [-0.4, -0.2) is 56.5 Å². The van der Waals surface area contributed by atoms with Crippen LogP contribution in [0.15, 0.2) is 6.20 Å². The van der Waals surface area contributed by atoms with Gasteiger partial charge < -0.3 is 15.3 Å². The summed E-state index contributed by atoms with van der Waals surface area (Å²) in [7, 11) is 0. The number of hydrogen-bond acceptors (Lipinski definition) is 5. The molecule has 0 bridgehead atoms. The first kappa shape index (κ1) is 14.4. The minimum atomic E-state index is -0.976. The number of carbonyl (C=O) groups is 2. The fourth-order valence-corrected chi connectivity index (χ4v) is 2.18. The highest BCUT2D eigenvalue weighted by atomic mass is 16.4. The van der Waals surface area contributed by atoms with E-state index in [2.05, 4.69) is 20.5 Å². The summed E-state index contributed by atoms with van der Waals surface area (Å²) in [6.45, 7) is 3.00. The van der Waals surface area contributed by atoms with Crippen LogP contribution in [0.2, 0.25) is 0 Å². The third-order valence-corrected chi connectivity index (χ3v) is 3.20. The number of hydrogen-bond donors (Lipinski definition) is 2. The summed E-state index contributed by atoms with van der Waals surface area (Å²) in [6, 6.07) is 0. The van der Waals surface area contributed by atoms with Crippen LogP contribution in [0.5, 0.6) is 0 Å². The van der Waals surface area contributed by atoms with Gasteiger partial charge in [0.2, 0.25) is 5.91 Å². The smallest absolute Gasteiger partial charge is 0.325 e. The molecule has 1 aliphatic heterocycles. The topological polar surface area (TPSA) is 100 Å². The summed E-state index contributed by atoms with van der Waals surface area (Å²) in [5.41, 5.74) is 0.556. The van der Waals surface area contributed by atoms with E-state index in [1.165, 1.54) is 23.7 Å². The number of rotatable bonds is 7.